The Morgan fingerprint density at radius 1 is 1.00 bits per heavy atom. The topological polar surface area (TPSA) is 70.8 Å². The summed E-state index contributed by atoms with van der Waals surface area (Å²) in [6.45, 7) is 5.65. The highest BCUT2D eigenvalue weighted by atomic mass is 16.6. The molecule has 3 aromatic carbocycles. The minimum Gasteiger partial charge on any atom is -0.366 e. The van der Waals surface area contributed by atoms with Gasteiger partial charge in [0, 0.05) is 35.8 Å². The van der Waals surface area contributed by atoms with Crippen molar-refractivity contribution in [2.45, 2.75) is 19.3 Å². The molecule has 0 radical (unpaired) electrons. The molecule has 1 N–H and O–H groups in total. The van der Waals surface area contributed by atoms with Crippen LogP contribution >= 0.6 is 0 Å². The Labute approximate surface area is 193 Å². The highest BCUT2D eigenvalue weighted by molar-refractivity contribution is 6.16. The summed E-state index contributed by atoms with van der Waals surface area (Å²) in [5.41, 5.74) is 9.12. The van der Waals surface area contributed by atoms with Gasteiger partial charge in [-0.2, -0.15) is 5.10 Å². The van der Waals surface area contributed by atoms with Gasteiger partial charge >= 0.3 is 0 Å². The van der Waals surface area contributed by atoms with Gasteiger partial charge in [-0.3, -0.25) is 15.5 Å². The van der Waals surface area contributed by atoms with E-state index in [2.05, 4.69) is 46.3 Å². The Bertz CT molecular complexity index is 1230. The molecule has 2 aliphatic heterocycles. The van der Waals surface area contributed by atoms with Crippen LogP contribution in [-0.2, 0) is 6.42 Å². The van der Waals surface area contributed by atoms with Crippen LogP contribution in [0.2, 0.25) is 0 Å². The molecule has 0 spiro atoms. The molecule has 0 unspecified atom stereocenters. The van der Waals surface area contributed by atoms with Crippen molar-refractivity contribution in [3.05, 3.63) is 112 Å². The largest absolute Gasteiger partial charge is 0.366 e. The van der Waals surface area contributed by atoms with Gasteiger partial charge in [-0.15, -0.1) is 0 Å². The van der Waals surface area contributed by atoms with Crippen LogP contribution < -0.4 is 10.3 Å². The number of hydrazone groups is 1. The lowest BCUT2D eigenvalue weighted by molar-refractivity contribution is -0.384. The first-order chi connectivity index (χ1) is 16.1. The van der Waals surface area contributed by atoms with Gasteiger partial charge in [0.1, 0.15) is 5.69 Å². The molecule has 5 rings (SSSR count). The van der Waals surface area contributed by atoms with E-state index in [-0.39, 0.29) is 10.6 Å². The van der Waals surface area contributed by atoms with E-state index in [0.717, 1.165) is 54.7 Å². The summed E-state index contributed by atoms with van der Waals surface area (Å²) in [5, 5.41) is 16.5. The number of anilines is 1. The van der Waals surface area contributed by atoms with Crippen molar-refractivity contribution in [1.29, 1.82) is 0 Å². The van der Waals surface area contributed by atoms with Crippen molar-refractivity contribution in [2.24, 2.45) is 11.0 Å². The third kappa shape index (κ3) is 4.24. The first kappa shape index (κ1) is 20.9. The molecule has 6 heteroatoms. The molecule has 33 heavy (non-hydrogen) atoms. The van der Waals surface area contributed by atoms with Crippen LogP contribution in [0.5, 0.6) is 0 Å². The fourth-order valence-electron chi connectivity index (χ4n) is 4.83. The van der Waals surface area contributed by atoms with E-state index < -0.39 is 0 Å². The molecule has 3 aromatic rings. The van der Waals surface area contributed by atoms with Crippen molar-refractivity contribution < 1.29 is 4.92 Å². The maximum atomic E-state index is 12.0. The van der Waals surface area contributed by atoms with Crippen LogP contribution in [-0.4, -0.2) is 23.7 Å². The summed E-state index contributed by atoms with van der Waals surface area (Å²) in [6, 6.07) is 23.8. The standard InChI is InChI=1S/C27H26N4O2/c1-19-23-9-5-6-10-24(23)27(29-28-19)22-11-12-25(26(18-22)31(32)33)30-15-13-21(14-16-30)17-20-7-3-2-4-8-20/h2-12,18,21,28H,1,13-17H2. The smallest absolute Gasteiger partial charge is 0.293 e. The second-order valence-corrected chi connectivity index (χ2v) is 8.68. The first-order valence-electron chi connectivity index (χ1n) is 11.3. The molecule has 0 atom stereocenters. The summed E-state index contributed by atoms with van der Waals surface area (Å²) in [6.07, 6.45) is 3.12. The van der Waals surface area contributed by atoms with Gasteiger partial charge in [0.05, 0.1) is 16.3 Å². The summed E-state index contributed by atoms with van der Waals surface area (Å²) < 4.78 is 0. The molecule has 0 amide bonds. The van der Waals surface area contributed by atoms with Gasteiger partial charge in [-0.1, -0.05) is 67.2 Å². The number of rotatable bonds is 5. The summed E-state index contributed by atoms with van der Waals surface area (Å²) in [5.74, 6) is 0.606. The van der Waals surface area contributed by atoms with Gasteiger partial charge in [0.15, 0.2) is 0 Å². The molecule has 0 aliphatic carbocycles. The Morgan fingerprint density at radius 2 is 1.70 bits per heavy atom. The quantitative estimate of drug-likeness (QED) is 0.429. The van der Waals surface area contributed by atoms with E-state index in [4.69, 9.17) is 0 Å². The monoisotopic (exact) mass is 438 g/mol. The number of hydrogen-bond donors (Lipinski definition) is 1. The number of fused-ring (bicyclic) bond motifs is 1. The second-order valence-electron chi connectivity index (χ2n) is 8.68. The molecule has 1 saturated heterocycles. The number of nitro benzene ring substituents is 1. The Hall–Kier alpha value is -3.93. The summed E-state index contributed by atoms with van der Waals surface area (Å²) in [4.78, 5) is 13.9. The lowest BCUT2D eigenvalue weighted by atomic mass is 9.89. The van der Waals surface area contributed by atoms with Gasteiger partial charge < -0.3 is 4.90 Å². The Morgan fingerprint density at radius 3 is 2.42 bits per heavy atom. The molecule has 0 saturated carbocycles. The van der Waals surface area contributed by atoms with Crippen molar-refractivity contribution >= 4 is 22.8 Å². The maximum Gasteiger partial charge on any atom is 0.293 e. The molecular formula is C27H26N4O2. The van der Waals surface area contributed by atoms with Crippen LogP contribution in [0.1, 0.15) is 35.1 Å². The fraction of sp³-hybridized carbons (Fsp3) is 0.222. The summed E-state index contributed by atoms with van der Waals surface area (Å²) >= 11 is 0. The number of hydrogen-bond acceptors (Lipinski definition) is 5. The van der Waals surface area contributed by atoms with Crippen LogP contribution in [0.3, 0.4) is 0 Å². The molecule has 6 nitrogen and oxygen atoms in total. The number of piperidine rings is 1. The van der Waals surface area contributed by atoms with Crippen molar-refractivity contribution in [2.75, 3.05) is 18.0 Å². The van der Waals surface area contributed by atoms with Gasteiger partial charge in [0.25, 0.3) is 5.69 Å². The van der Waals surface area contributed by atoms with Gasteiger partial charge in [-0.25, -0.2) is 0 Å². The average molecular weight is 439 g/mol. The van der Waals surface area contributed by atoms with E-state index in [1.807, 2.05) is 42.5 Å². The third-order valence-corrected chi connectivity index (χ3v) is 6.58. The zero-order chi connectivity index (χ0) is 22.8. The zero-order valence-electron chi connectivity index (χ0n) is 18.4. The van der Waals surface area contributed by atoms with Crippen molar-refractivity contribution in [3.8, 4) is 0 Å². The van der Waals surface area contributed by atoms with Crippen LogP contribution in [0.4, 0.5) is 11.4 Å². The lowest BCUT2D eigenvalue weighted by Gasteiger charge is -2.33. The number of benzene rings is 3. The van der Waals surface area contributed by atoms with E-state index in [1.54, 1.807) is 6.07 Å². The number of nitrogens with zero attached hydrogens (tertiary/aromatic N) is 3. The average Bonchev–Trinajstić information content (AvgIpc) is 2.85. The lowest BCUT2D eigenvalue weighted by Crippen LogP contribution is -2.34. The SMILES string of the molecule is C=C1NN=C(c2ccc(N3CCC(Cc4ccccc4)CC3)c([N+](=O)[O-])c2)c2ccccc21. The maximum absolute atomic E-state index is 12.0. The van der Waals surface area contributed by atoms with E-state index in [9.17, 15) is 10.1 Å². The zero-order valence-corrected chi connectivity index (χ0v) is 18.4. The minimum atomic E-state index is -0.281. The molecule has 0 aromatic heterocycles. The number of nitrogens with one attached hydrogen (secondary N) is 1. The van der Waals surface area contributed by atoms with Crippen molar-refractivity contribution in [3.63, 3.8) is 0 Å². The van der Waals surface area contributed by atoms with Crippen LogP contribution in [0.15, 0.2) is 84.5 Å². The predicted octanol–water partition coefficient (Wildman–Crippen LogP) is 5.38. The molecular weight excluding hydrogens is 412 g/mol. The molecule has 2 heterocycles. The van der Waals surface area contributed by atoms with E-state index >= 15 is 0 Å². The molecule has 1 fully saturated rings. The number of nitro groups is 1. The summed E-state index contributed by atoms with van der Waals surface area (Å²) in [7, 11) is 0. The predicted molar refractivity (Wildman–Crippen MR) is 132 cm³/mol. The van der Waals surface area contributed by atoms with Crippen LogP contribution in [0.25, 0.3) is 5.70 Å². The normalized spacial score (nSPS) is 16.1. The Kier molecular flexibility index (Phi) is 5.65. The Balaban J connectivity index is 1.37. The molecule has 2 aliphatic rings. The van der Waals surface area contributed by atoms with E-state index in [0.29, 0.717) is 17.3 Å². The highest BCUT2D eigenvalue weighted by Crippen LogP contribution is 2.34. The van der Waals surface area contributed by atoms with Gasteiger partial charge in [0.2, 0.25) is 0 Å². The molecule has 0 bridgehead atoms. The van der Waals surface area contributed by atoms with E-state index in [1.165, 1.54) is 5.56 Å². The van der Waals surface area contributed by atoms with Crippen molar-refractivity contribution in [1.82, 2.24) is 5.43 Å². The highest BCUT2D eigenvalue weighted by Gasteiger charge is 2.27. The van der Waals surface area contributed by atoms with Crippen LogP contribution in [0, 0.1) is 16.0 Å². The fourth-order valence-corrected chi connectivity index (χ4v) is 4.83. The van der Waals surface area contributed by atoms with Gasteiger partial charge in [-0.05, 0) is 36.8 Å². The molecule has 166 valence electrons. The first-order valence-corrected chi connectivity index (χ1v) is 11.3. The second kappa shape index (κ2) is 8.90. The minimum absolute atomic E-state index is 0.124. The third-order valence-electron chi connectivity index (χ3n) is 6.58.